The number of hydrogen-bond donors (Lipinski definition) is 2. The molecule has 0 saturated carbocycles. The Kier molecular flexibility index (Phi) is 5.05. The number of rotatable bonds is 4. The van der Waals surface area contributed by atoms with Crippen LogP contribution in [0.25, 0.3) is 0 Å². The molecule has 6 heteroatoms. The minimum atomic E-state index is -0.269. The number of hydrogen-bond acceptors (Lipinski definition) is 3. The minimum absolute atomic E-state index is 0.176. The van der Waals surface area contributed by atoms with Crippen LogP contribution in [0.5, 0.6) is 5.75 Å². The van der Waals surface area contributed by atoms with Gasteiger partial charge < -0.3 is 15.8 Å². The normalized spacial score (nSPS) is 12.1. The van der Waals surface area contributed by atoms with E-state index in [1.165, 1.54) is 7.11 Å². The first-order valence-electron chi connectivity index (χ1n) is 5.03. The summed E-state index contributed by atoms with van der Waals surface area (Å²) < 4.78 is 5.01. The maximum absolute atomic E-state index is 11.6. The number of ether oxygens (including phenoxy) is 1. The van der Waals surface area contributed by atoms with Gasteiger partial charge in [0.25, 0.3) is 0 Å². The maximum atomic E-state index is 11.6. The Bertz CT molecular complexity index is 401. The average Bonchev–Trinajstić information content (AvgIpc) is 2.27. The predicted molar refractivity (Wildman–Crippen MR) is 69.9 cm³/mol. The van der Waals surface area contributed by atoms with Gasteiger partial charge in [0.2, 0.25) is 5.91 Å². The smallest absolute Gasteiger partial charge is 0.228 e. The topological polar surface area (TPSA) is 64.3 Å². The van der Waals surface area contributed by atoms with Crippen molar-refractivity contribution in [1.82, 2.24) is 0 Å². The van der Waals surface area contributed by atoms with Crippen LogP contribution in [0.15, 0.2) is 12.1 Å². The zero-order valence-electron chi connectivity index (χ0n) is 9.59. The number of carbonyl (C=O) groups excluding carboxylic acids is 1. The van der Waals surface area contributed by atoms with Crippen LogP contribution in [-0.2, 0) is 4.79 Å². The Balaban J connectivity index is 2.90. The van der Waals surface area contributed by atoms with Crippen LogP contribution in [0.2, 0.25) is 10.0 Å². The first kappa shape index (κ1) is 14.1. The predicted octanol–water partition coefficient (Wildman–Crippen LogP) is 2.54. The number of methoxy groups -OCH3 is 1. The van der Waals surface area contributed by atoms with Gasteiger partial charge in [-0.25, -0.2) is 0 Å². The molecule has 17 heavy (non-hydrogen) atoms. The number of halogens is 2. The molecule has 1 amide bonds. The van der Waals surface area contributed by atoms with E-state index in [1.807, 2.05) is 0 Å². The van der Waals surface area contributed by atoms with Crippen molar-refractivity contribution in [3.05, 3.63) is 22.2 Å². The van der Waals surface area contributed by atoms with Gasteiger partial charge in [0, 0.05) is 18.2 Å². The molecule has 0 aromatic heterocycles. The molecule has 0 aliphatic rings. The molecule has 0 aliphatic heterocycles. The van der Waals surface area contributed by atoms with Crippen LogP contribution in [0.4, 0.5) is 5.69 Å². The van der Waals surface area contributed by atoms with Crippen molar-refractivity contribution >= 4 is 34.8 Å². The van der Waals surface area contributed by atoms with E-state index in [9.17, 15) is 4.79 Å². The van der Waals surface area contributed by atoms with Crippen molar-refractivity contribution in [1.29, 1.82) is 0 Å². The van der Waals surface area contributed by atoms with Crippen molar-refractivity contribution in [2.45, 2.75) is 6.92 Å². The molecule has 0 radical (unpaired) electrons. The third-order valence-electron chi connectivity index (χ3n) is 2.27. The van der Waals surface area contributed by atoms with Crippen molar-refractivity contribution < 1.29 is 9.53 Å². The maximum Gasteiger partial charge on any atom is 0.228 e. The summed E-state index contributed by atoms with van der Waals surface area (Å²) in [4.78, 5) is 11.6. The molecule has 1 aromatic carbocycles. The summed E-state index contributed by atoms with van der Waals surface area (Å²) in [6, 6.07) is 3.15. The van der Waals surface area contributed by atoms with E-state index >= 15 is 0 Å². The quantitative estimate of drug-likeness (QED) is 0.888. The molecule has 94 valence electrons. The highest BCUT2D eigenvalue weighted by Crippen LogP contribution is 2.35. The Morgan fingerprint density at radius 2 is 2.00 bits per heavy atom. The fourth-order valence-corrected chi connectivity index (χ4v) is 1.84. The Labute approximate surface area is 110 Å². The second-order valence-corrected chi connectivity index (χ2v) is 4.41. The molecular formula is C11H14Cl2N2O2. The first-order valence-corrected chi connectivity index (χ1v) is 5.79. The number of nitrogens with one attached hydrogen (secondary N) is 1. The van der Waals surface area contributed by atoms with Crippen molar-refractivity contribution in [3.8, 4) is 5.75 Å². The third kappa shape index (κ3) is 3.49. The molecule has 1 aromatic rings. The van der Waals surface area contributed by atoms with Gasteiger partial charge in [-0.2, -0.15) is 0 Å². The van der Waals surface area contributed by atoms with Crippen molar-refractivity contribution in [3.63, 3.8) is 0 Å². The average molecular weight is 277 g/mol. The zero-order valence-corrected chi connectivity index (χ0v) is 11.1. The molecule has 0 aliphatic carbocycles. The lowest BCUT2D eigenvalue weighted by Crippen LogP contribution is -2.26. The molecule has 0 fully saturated rings. The number of anilines is 1. The fourth-order valence-electron chi connectivity index (χ4n) is 1.20. The van der Waals surface area contributed by atoms with Gasteiger partial charge in [-0.15, -0.1) is 0 Å². The monoisotopic (exact) mass is 276 g/mol. The summed E-state index contributed by atoms with van der Waals surface area (Å²) >= 11 is 11.9. The SMILES string of the molecule is COc1c(Cl)cc(NC(=O)C(C)CN)cc1Cl. The summed E-state index contributed by atoms with van der Waals surface area (Å²) in [6.07, 6.45) is 0. The third-order valence-corrected chi connectivity index (χ3v) is 2.83. The Morgan fingerprint density at radius 1 is 1.47 bits per heavy atom. The molecule has 0 saturated heterocycles. The number of benzene rings is 1. The number of amides is 1. The van der Waals surface area contributed by atoms with Crippen LogP contribution in [-0.4, -0.2) is 19.6 Å². The van der Waals surface area contributed by atoms with Crippen molar-refractivity contribution in [2.75, 3.05) is 19.0 Å². The van der Waals surface area contributed by atoms with Gasteiger partial charge in [0.15, 0.2) is 5.75 Å². The molecule has 0 bridgehead atoms. The van der Waals surface area contributed by atoms with E-state index in [0.29, 0.717) is 21.5 Å². The minimum Gasteiger partial charge on any atom is -0.494 e. The molecular weight excluding hydrogens is 263 g/mol. The summed E-state index contributed by atoms with van der Waals surface area (Å²) in [5.74, 6) is -0.0577. The van der Waals surface area contributed by atoms with Crippen LogP contribution in [0.3, 0.4) is 0 Å². The Morgan fingerprint density at radius 3 is 2.41 bits per heavy atom. The highest BCUT2D eigenvalue weighted by molar-refractivity contribution is 6.37. The second-order valence-electron chi connectivity index (χ2n) is 3.60. The van der Waals surface area contributed by atoms with Crippen LogP contribution in [0, 0.1) is 5.92 Å². The fraction of sp³-hybridized carbons (Fsp3) is 0.364. The van der Waals surface area contributed by atoms with Gasteiger partial charge in [-0.1, -0.05) is 30.1 Å². The lowest BCUT2D eigenvalue weighted by Gasteiger charge is -2.12. The molecule has 1 atom stereocenters. The van der Waals surface area contributed by atoms with Gasteiger partial charge in [0.05, 0.1) is 17.2 Å². The summed E-state index contributed by atoms with van der Waals surface area (Å²) in [5.41, 5.74) is 5.92. The number of carbonyl (C=O) groups is 1. The van der Waals surface area contributed by atoms with E-state index in [-0.39, 0.29) is 18.4 Å². The van der Waals surface area contributed by atoms with Gasteiger partial charge in [-0.05, 0) is 12.1 Å². The highest BCUT2D eigenvalue weighted by atomic mass is 35.5. The van der Waals surface area contributed by atoms with E-state index in [1.54, 1.807) is 19.1 Å². The van der Waals surface area contributed by atoms with Gasteiger partial charge in [-0.3, -0.25) is 4.79 Å². The second kappa shape index (κ2) is 6.10. The lowest BCUT2D eigenvalue weighted by molar-refractivity contribution is -0.119. The van der Waals surface area contributed by atoms with E-state index in [0.717, 1.165) is 0 Å². The largest absolute Gasteiger partial charge is 0.494 e. The first-order chi connectivity index (χ1) is 7.99. The molecule has 3 N–H and O–H groups in total. The molecule has 0 spiro atoms. The summed E-state index contributed by atoms with van der Waals surface area (Å²) in [7, 11) is 1.47. The van der Waals surface area contributed by atoms with Crippen LogP contribution in [0.1, 0.15) is 6.92 Å². The summed E-state index contributed by atoms with van der Waals surface area (Å²) in [5, 5.41) is 3.37. The van der Waals surface area contributed by atoms with Gasteiger partial charge >= 0.3 is 0 Å². The molecule has 1 unspecified atom stereocenters. The molecule has 0 heterocycles. The van der Waals surface area contributed by atoms with E-state index in [4.69, 9.17) is 33.7 Å². The standard InChI is InChI=1S/C11H14Cl2N2O2/c1-6(5-14)11(16)15-7-3-8(12)10(17-2)9(13)4-7/h3-4,6H,5,14H2,1-2H3,(H,15,16). The lowest BCUT2D eigenvalue weighted by atomic mass is 10.1. The highest BCUT2D eigenvalue weighted by Gasteiger charge is 2.13. The van der Waals surface area contributed by atoms with Gasteiger partial charge in [0.1, 0.15) is 0 Å². The van der Waals surface area contributed by atoms with E-state index < -0.39 is 0 Å². The van der Waals surface area contributed by atoms with E-state index in [2.05, 4.69) is 5.32 Å². The molecule has 4 nitrogen and oxygen atoms in total. The summed E-state index contributed by atoms with van der Waals surface area (Å²) in [6.45, 7) is 2.02. The van der Waals surface area contributed by atoms with Crippen molar-refractivity contribution in [2.24, 2.45) is 11.7 Å². The number of nitrogens with two attached hydrogens (primary N) is 1. The molecule has 1 rings (SSSR count). The Hall–Kier alpha value is -0.970. The zero-order chi connectivity index (χ0) is 13.0. The van der Waals surface area contributed by atoms with Crippen LogP contribution >= 0.6 is 23.2 Å². The van der Waals surface area contributed by atoms with Crippen LogP contribution < -0.4 is 15.8 Å².